The van der Waals surface area contributed by atoms with E-state index in [0.717, 1.165) is 0 Å². The van der Waals surface area contributed by atoms with Gasteiger partial charge in [0.25, 0.3) is 0 Å². The second-order valence-electron chi connectivity index (χ2n) is 5.30. The third-order valence-electron chi connectivity index (χ3n) is 2.71. The first-order valence-electron chi connectivity index (χ1n) is 5.54. The summed E-state index contributed by atoms with van der Waals surface area (Å²) in [4.78, 5) is 33.8. The molecule has 0 aliphatic carbocycles. The van der Waals surface area contributed by atoms with Crippen LogP contribution in [0.4, 0.5) is 0 Å². The molecule has 96 valence electrons. The van der Waals surface area contributed by atoms with Crippen LogP contribution in [0, 0.1) is 5.41 Å². The highest BCUT2D eigenvalue weighted by Gasteiger charge is 2.36. The molecule has 0 spiro atoms. The van der Waals surface area contributed by atoms with Gasteiger partial charge in [-0.15, -0.1) is 0 Å². The van der Waals surface area contributed by atoms with Gasteiger partial charge < -0.3 is 15.7 Å². The summed E-state index contributed by atoms with van der Waals surface area (Å²) >= 11 is 0. The van der Waals surface area contributed by atoms with Crippen molar-refractivity contribution in [3.05, 3.63) is 0 Å². The molecule has 1 unspecified atom stereocenters. The predicted octanol–water partition coefficient (Wildman–Crippen LogP) is -0.119. The van der Waals surface area contributed by atoms with Gasteiger partial charge in [0.2, 0.25) is 11.8 Å². The van der Waals surface area contributed by atoms with Gasteiger partial charge in [-0.3, -0.25) is 9.59 Å². The Kier molecular flexibility index (Phi) is 3.75. The Morgan fingerprint density at radius 1 is 1.47 bits per heavy atom. The van der Waals surface area contributed by atoms with Crippen molar-refractivity contribution in [2.45, 2.75) is 45.7 Å². The minimum Gasteiger partial charge on any atom is -0.480 e. The van der Waals surface area contributed by atoms with E-state index in [0.29, 0.717) is 12.8 Å². The molecule has 6 nitrogen and oxygen atoms in total. The summed E-state index contributed by atoms with van der Waals surface area (Å²) in [7, 11) is 0. The van der Waals surface area contributed by atoms with E-state index in [4.69, 9.17) is 5.11 Å². The highest BCUT2D eigenvalue weighted by atomic mass is 16.4. The number of carbonyl (C=O) groups is 3. The summed E-state index contributed by atoms with van der Waals surface area (Å²) in [6.45, 7) is 5.21. The summed E-state index contributed by atoms with van der Waals surface area (Å²) in [6, 6.07) is -1.57. The van der Waals surface area contributed by atoms with Crippen LogP contribution in [0.2, 0.25) is 0 Å². The topological polar surface area (TPSA) is 95.5 Å². The van der Waals surface area contributed by atoms with Crippen molar-refractivity contribution in [2.24, 2.45) is 5.41 Å². The molecule has 0 aromatic carbocycles. The van der Waals surface area contributed by atoms with Crippen molar-refractivity contribution in [2.75, 3.05) is 0 Å². The highest BCUT2D eigenvalue weighted by molar-refractivity contribution is 5.93. The standard InChI is InChI=1S/C11H18N2O4/c1-11(2,3)8(10(16)17)13-9(15)6-4-5-7(14)12-6/h6,8H,4-5H2,1-3H3,(H,12,14)(H,13,15)(H,16,17)/t6-,8?/m1/s1. The quantitative estimate of drug-likeness (QED) is 0.643. The average molecular weight is 242 g/mol. The van der Waals surface area contributed by atoms with Crippen LogP contribution in [-0.2, 0) is 14.4 Å². The van der Waals surface area contributed by atoms with Crippen molar-refractivity contribution in [3.63, 3.8) is 0 Å². The van der Waals surface area contributed by atoms with Gasteiger partial charge in [0.15, 0.2) is 0 Å². The molecule has 17 heavy (non-hydrogen) atoms. The van der Waals surface area contributed by atoms with Gasteiger partial charge in [-0.05, 0) is 11.8 Å². The minimum atomic E-state index is -1.07. The molecule has 0 aromatic rings. The Hall–Kier alpha value is -1.59. The molecule has 0 bridgehead atoms. The molecule has 1 rings (SSSR count). The van der Waals surface area contributed by atoms with Crippen LogP contribution in [0.25, 0.3) is 0 Å². The normalized spacial score (nSPS) is 21.8. The molecular weight excluding hydrogens is 224 g/mol. The number of aliphatic carboxylic acids is 1. The number of carboxylic acid groups (broad SMARTS) is 1. The molecule has 2 atom stereocenters. The fraction of sp³-hybridized carbons (Fsp3) is 0.727. The summed E-state index contributed by atoms with van der Waals surface area (Å²) in [5.41, 5.74) is -0.579. The monoisotopic (exact) mass is 242 g/mol. The van der Waals surface area contributed by atoms with E-state index in [1.807, 2.05) is 0 Å². The first-order valence-corrected chi connectivity index (χ1v) is 5.54. The summed E-state index contributed by atoms with van der Waals surface area (Å²) in [6.07, 6.45) is 0.729. The van der Waals surface area contributed by atoms with Crippen LogP contribution in [0.5, 0.6) is 0 Å². The Balaban J connectivity index is 2.65. The number of rotatable bonds is 3. The average Bonchev–Trinajstić information content (AvgIpc) is 2.58. The minimum absolute atomic E-state index is 0.173. The van der Waals surface area contributed by atoms with Crippen LogP contribution in [0.3, 0.4) is 0 Å². The van der Waals surface area contributed by atoms with Gasteiger partial charge in [0, 0.05) is 6.42 Å². The lowest BCUT2D eigenvalue weighted by Gasteiger charge is -2.28. The molecule has 6 heteroatoms. The third-order valence-corrected chi connectivity index (χ3v) is 2.71. The zero-order valence-electron chi connectivity index (χ0n) is 10.2. The van der Waals surface area contributed by atoms with E-state index in [1.54, 1.807) is 20.8 Å². The molecule has 0 radical (unpaired) electrons. The van der Waals surface area contributed by atoms with Crippen LogP contribution >= 0.6 is 0 Å². The van der Waals surface area contributed by atoms with Crippen LogP contribution < -0.4 is 10.6 Å². The lowest BCUT2D eigenvalue weighted by atomic mass is 9.86. The molecule has 1 fully saturated rings. The van der Waals surface area contributed by atoms with Crippen LogP contribution in [-0.4, -0.2) is 35.0 Å². The molecule has 3 N–H and O–H groups in total. The third kappa shape index (κ3) is 3.44. The SMILES string of the molecule is CC(C)(C)C(NC(=O)[C@H]1CCC(=O)N1)C(=O)O. The van der Waals surface area contributed by atoms with E-state index in [1.165, 1.54) is 0 Å². The van der Waals surface area contributed by atoms with Crippen LogP contribution in [0.15, 0.2) is 0 Å². The fourth-order valence-corrected chi connectivity index (χ4v) is 1.70. The maximum absolute atomic E-state index is 11.8. The second kappa shape index (κ2) is 4.73. The fourth-order valence-electron chi connectivity index (χ4n) is 1.70. The number of carbonyl (C=O) groups excluding carboxylic acids is 2. The molecule has 0 aromatic heterocycles. The summed E-state index contributed by atoms with van der Waals surface area (Å²) in [5, 5.41) is 14.0. The van der Waals surface area contributed by atoms with Gasteiger partial charge >= 0.3 is 5.97 Å². The van der Waals surface area contributed by atoms with Crippen molar-refractivity contribution < 1.29 is 19.5 Å². The number of hydrogen-bond donors (Lipinski definition) is 3. The summed E-state index contributed by atoms with van der Waals surface area (Å²) in [5.74, 6) is -1.68. The zero-order chi connectivity index (χ0) is 13.2. The van der Waals surface area contributed by atoms with E-state index in [2.05, 4.69) is 10.6 Å². The van der Waals surface area contributed by atoms with Gasteiger partial charge in [0.1, 0.15) is 12.1 Å². The van der Waals surface area contributed by atoms with Gasteiger partial charge in [-0.25, -0.2) is 4.79 Å². The number of nitrogens with one attached hydrogen (secondary N) is 2. The van der Waals surface area contributed by atoms with E-state index >= 15 is 0 Å². The van der Waals surface area contributed by atoms with Crippen molar-refractivity contribution in [1.29, 1.82) is 0 Å². The Morgan fingerprint density at radius 3 is 2.41 bits per heavy atom. The lowest BCUT2D eigenvalue weighted by Crippen LogP contribution is -2.53. The summed E-state index contributed by atoms with van der Waals surface area (Å²) < 4.78 is 0. The molecular formula is C11H18N2O4. The largest absolute Gasteiger partial charge is 0.480 e. The molecule has 0 saturated carbocycles. The smallest absolute Gasteiger partial charge is 0.326 e. The molecule has 1 heterocycles. The Bertz CT molecular complexity index is 346. The zero-order valence-corrected chi connectivity index (χ0v) is 10.2. The molecule has 1 saturated heterocycles. The van der Waals surface area contributed by atoms with Crippen molar-refractivity contribution in [3.8, 4) is 0 Å². The first kappa shape index (κ1) is 13.5. The number of carboxylic acids is 1. The highest BCUT2D eigenvalue weighted by Crippen LogP contribution is 2.20. The first-order chi connectivity index (χ1) is 7.71. The van der Waals surface area contributed by atoms with Gasteiger partial charge in [-0.1, -0.05) is 20.8 Å². The molecule has 1 aliphatic heterocycles. The van der Waals surface area contributed by atoms with E-state index in [-0.39, 0.29) is 5.91 Å². The maximum Gasteiger partial charge on any atom is 0.326 e. The molecule has 2 amide bonds. The van der Waals surface area contributed by atoms with Crippen LogP contribution in [0.1, 0.15) is 33.6 Å². The molecule has 1 aliphatic rings. The number of hydrogen-bond acceptors (Lipinski definition) is 3. The Labute approximate surface area is 99.8 Å². The van der Waals surface area contributed by atoms with Gasteiger partial charge in [-0.2, -0.15) is 0 Å². The van der Waals surface area contributed by atoms with E-state index < -0.39 is 29.4 Å². The van der Waals surface area contributed by atoms with Crippen molar-refractivity contribution >= 4 is 17.8 Å². The van der Waals surface area contributed by atoms with Gasteiger partial charge in [0.05, 0.1) is 0 Å². The number of amides is 2. The van der Waals surface area contributed by atoms with Crippen molar-refractivity contribution in [1.82, 2.24) is 10.6 Å². The lowest BCUT2D eigenvalue weighted by molar-refractivity contribution is -0.145. The Morgan fingerprint density at radius 2 is 2.06 bits per heavy atom. The predicted molar refractivity (Wildman–Crippen MR) is 60.2 cm³/mol. The second-order valence-corrected chi connectivity index (χ2v) is 5.30. The maximum atomic E-state index is 11.8. The van der Waals surface area contributed by atoms with E-state index in [9.17, 15) is 14.4 Å².